The highest BCUT2D eigenvalue weighted by atomic mass is 32.1. The third kappa shape index (κ3) is 8.60. The van der Waals surface area contributed by atoms with Crippen LogP contribution >= 0.6 is 11.3 Å². The van der Waals surface area contributed by atoms with E-state index in [9.17, 15) is 0 Å². The van der Waals surface area contributed by atoms with E-state index in [1.807, 2.05) is 91.9 Å². The molecular formula is C56H47N5OS. The monoisotopic (exact) mass is 837 g/mol. The van der Waals surface area contributed by atoms with Gasteiger partial charge in [-0.05, 0) is 80.3 Å². The Labute approximate surface area is 372 Å². The molecule has 0 aliphatic heterocycles. The molecule has 0 N–H and O–H groups in total. The number of thiophene rings is 1. The topological polar surface area (TPSA) is 69.6 Å². The van der Waals surface area contributed by atoms with Gasteiger partial charge in [0.1, 0.15) is 5.35 Å². The summed E-state index contributed by atoms with van der Waals surface area (Å²) in [7, 11) is 0. The first-order valence-corrected chi connectivity index (χ1v) is 21.5. The molecule has 0 aliphatic rings. The van der Waals surface area contributed by atoms with E-state index in [0.717, 1.165) is 61.6 Å². The summed E-state index contributed by atoms with van der Waals surface area (Å²) in [6.45, 7) is 25.1. The van der Waals surface area contributed by atoms with E-state index in [0.29, 0.717) is 34.1 Å². The van der Waals surface area contributed by atoms with E-state index in [2.05, 4.69) is 118 Å². The van der Waals surface area contributed by atoms with E-state index in [-0.39, 0.29) is 0 Å². The molecule has 0 saturated carbocycles. The molecule has 4 heterocycles. The van der Waals surface area contributed by atoms with Gasteiger partial charge in [0.25, 0.3) is 0 Å². The molecule has 0 atom stereocenters. The molecule has 63 heavy (non-hydrogen) atoms. The van der Waals surface area contributed by atoms with Crippen molar-refractivity contribution < 1.29 is 4.42 Å². The molecule has 4 aromatic carbocycles. The number of hydrogen-bond acceptors (Lipinski definition) is 6. The van der Waals surface area contributed by atoms with Crippen molar-refractivity contribution >= 4 is 78.7 Å². The Hall–Kier alpha value is -7.74. The number of oxazole rings is 1. The summed E-state index contributed by atoms with van der Waals surface area (Å²) in [5, 5.41) is 2.99. The van der Waals surface area contributed by atoms with E-state index < -0.39 is 0 Å². The maximum absolute atomic E-state index is 6.53. The number of fused-ring (bicyclic) bond motifs is 3. The first-order chi connectivity index (χ1) is 30.7. The molecule has 0 aliphatic carbocycles. The molecule has 8 rings (SSSR count). The Bertz CT molecular complexity index is 3280. The summed E-state index contributed by atoms with van der Waals surface area (Å²) in [6.07, 6.45) is 19.6. The van der Waals surface area contributed by atoms with Crippen LogP contribution in [0.25, 0.3) is 90.2 Å². The van der Waals surface area contributed by atoms with E-state index in [1.54, 1.807) is 23.5 Å². The number of aromatic nitrogens is 5. The summed E-state index contributed by atoms with van der Waals surface area (Å²) in [6, 6.07) is 34.8. The van der Waals surface area contributed by atoms with Crippen LogP contribution in [-0.4, -0.2) is 24.5 Å². The predicted molar refractivity (Wildman–Crippen MR) is 269 cm³/mol. The van der Waals surface area contributed by atoms with Crippen LogP contribution in [0, 0.1) is 13.8 Å². The third-order valence-electron chi connectivity index (χ3n) is 10.9. The summed E-state index contributed by atoms with van der Waals surface area (Å²) >= 11 is 1.80. The first-order valence-electron chi connectivity index (χ1n) is 20.7. The average molecular weight is 838 g/mol. The number of allylic oxidation sites excluding steroid dienone is 11. The van der Waals surface area contributed by atoms with Crippen molar-refractivity contribution in [2.24, 2.45) is 0 Å². The van der Waals surface area contributed by atoms with Gasteiger partial charge in [-0.3, -0.25) is 0 Å². The minimum Gasteiger partial charge on any atom is -0.436 e. The number of nitrogens with zero attached hydrogens (tertiary/aromatic N) is 5. The van der Waals surface area contributed by atoms with Gasteiger partial charge in [-0.1, -0.05) is 160 Å². The summed E-state index contributed by atoms with van der Waals surface area (Å²) in [5.41, 5.74) is 11.1. The second-order valence-electron chi connectivity index (χ2n) is 15.0. The molecular weight excluding hydrogens is 791 g/mol. The fourth-order valence-electron chi connectivity index (χ4n) is 7.61. The second-order valence-corrected chi connectivity index (χ2v) is 16.0. The molecule has 308 valence electrons. The van der Waals surface area contributed by atoms with Crippen molar-refractivity contribution in [3.05, 3.63) is 216 Å². The van der Waals surface area contributed by atoms with Crippen LogP contribution in [0.4, 0.5) is 0 Å². The maximum atomic E-state index is 6.53. The van der Waals surface area contributed by atoms with Gasteiger partial charge in [0.05, 0.1) is 0 Å². The first kappa shape index (κ1) is 42.0. The zero-order chi connectivity index (χ0) is 44.0. The number of benzene rings is 4. The molecule has 0 saturated heterocycles. The minimum atomic E-state index is 0.400. The molecule has 0 radical (unpaired) electrons. The summed E-state index contributed by atoms with van der Waals surface area (Å²) in [5.74, 6) is 2.05. The minimum absolute atomic E-state index is 0.400. The highest BCUT2D eigenvalue weighted by molar-refractivity contribution is 7.26. The highest BCUT2D eigenvalue weighted by Crippen LogP contribution is 2.38. The van der Waals surface area contributed by atoms with Crippen LogP contribution in [0.15, 0.2) is 170 Å². The molecule has 0 fully saturated rings. The molecule has 8 aromatic rings. The standard InChI is InChI=1S/C56H47N5OS/c1-9-12-30-48-38(6)39(7)49(33-32-36(4)45-28-21-29-47-46-27-19-20-31-51(46)63-52(45)47)61(48)37(5)34-44(22-10-2)56-57-40(8)50(62-56)35-41(11-3)53-58-54(42-23-15-13-16-24-42)60-55(59-53)43-25-17-14-18-26-43/h9-35H,1-2,4,8H2,3,5-7H3/b30-12-,33-32-,37-34+,41-11+,44-22+,50-35+. The van der Waals surface area contributed by atoms with Gasteiger partial charge in [0, 0.05) is 59.5 Å². The lowest BCUT2D eigenvalue weighted by Crippen LogP contribution is -2.20. The number of rotatable bonds is 13. The fraction of sp³-hybridized carbons (Fsp3) is 0.0714. The largest absolute Gasteiger partial charge is 0.436 e. The van der Waals surface area contributed by atoms with Crippen molar-refractivity contribution in [1.82, 2.24) is 24.5 Å². The lowest BCUT2D eigenvalue weighted by molar-refractivity contribution is 0.512. The van der Waals surface area contributed by atoms with E-state index >= 15 is 0 Å². The normalized spacial score (nSPS) is 13.0. The van der Waals surface area contributed by atoms with Crippen molar-refractivity contribution in [3.8, 4) is 22.8 Å². The Morgan fingerprint density at radius 2 is 1.35 bits per heavy atom. The Kier molecular flexibility index (Phi) is 12.3. The smallest absolute Gasteiger partial charge is 0.227 e. The lowest BCUT2D eigenvalue weighted by Gasteiger charge is -2.12. The molecule has 0 spiro atoms. The van der Waals surface area contributed by atoms with Crippen LogP contribution in [0.1, 0.15) is 53.6 Å². The second kappa shape index (κ2) is 18.5. The van der Waals surface area contributed by atoms with Crippen LogP contribution in [-0.2, 0) is 0 Å². The molecule has 6 nitrogen and oxygen atoms in total. The van der Waals surface area contributed by atoms with E-state index in [1.165, 1.54) is 20.2 Å². The highest BCUT2D eigenvalue weighted by Gasteiger charge is 2.18. The Morgan fingerprint density at radius 1 is 0.714 bits per heavy atom. The molecule has 0 amide bonds. The van der Waals surface area contributed by atoms with Gasteiger partial charge >= 0.3 is 0 Å². The molecule has 0 unspecified atom stereocenters. The Balaban J connectivity index is 1.17. The SMILES string of the molecule is C=C/C=C\c1c(C)c(C)c(/C=C\C(=C)c2cccc3c2sc2ccccc23)n1/C(C)=C/C(=C\C=C)c1nc(=C)/c(=C\C(=C/C)c2nc(-c3ccccc3)nc(-c3ccccc3)n2)o1. The van der Waals surface area contributed by atoms with Gasteiger partial charge in [0.2, 0.25) is 5.89 Å². The third-order valence-corrected chi connectivity index (χ3v) is 12.2. The zero-order valence-electron chi connectivity index (χ0n) is 36.0. The zero-order valence-corrected chi connectivity index (χ0v) is 36.8. The quantitative estimate of drug-likeness (QED) is 0.108. The molecule has 7 heteroatoms. The lowest BCUT2D eigenvalue weighted by atomic mass is 10.0. The fourth-order valence-corrected chi connectivity index (χ4v) is 8.86. The average Bonchev–Trinajstić information content (AvgIpc) is 3.96. The maximum Gasteiger partial charge on any atom is 0.227 e. The van der Waals surface area contributed by atoms with Crippen LogP contribution in [0.3, 0.4) is 0 Å². The Morgan fingerprint density at radius 3 is 2.00 bits per heavy atom. The van der Waals surface area contributed by atoms with Gasteiger partial charge in [-0.25, -0.2) is 19.9 Å². The van der Waals surface area contributed by atoms with Crippen molar-refractivity contribution in [1.29, 1.82) is 0 Å². The summed E-state index contributed by atoms with van der Waals surface area (Å²) < 4.78 is 11.3. The van der Waals surface area contributed by atoms with E-state index in [4.69, 9.17) is 24.4 Å². The predicted octanol–water partition coefficient (Wildman–Crippen LogP) is 13.3. The van der Waals surface area contributed by atoms with Gasteiger partial charge < -0.3 is 8.98 Å². The summed E-state index contributed by atoms with van der Waals surface area (Å²) in [4.78, 5) is 19.5. The van der Waals surface area contributed by atoms with Gasteiger partial charge in [-0.15, -0.1) is 11.3 Å². The van der Waals surface area contributed by atoms with Crippen LogP contribution in [0.5, 0.6) is 0 Å². The van der Waals surface area contributed by atoms with Crippen molar-refractivity contribution in [3.63, 3.8) is 0 Å². The molecule has 0 bridgehead atoms. The van der Waals surface area contributed by atoms with Gasteiger partial charge in [0.15, 0.2) is 22.9 Å². The van der Waals surface area contributed by atoms with Gasteiger partial charge in [-0.2, -0.15) is 0 Å². The van der Waals surface area contributed by atoms with Crippen molar-refractivity contribution in [2.45, 2.75) is 27.7 Å². The molecule has 4 aromatic heterocycles. The van der Waals surface area contributed by atoms with Crippen molar-refractivity contribution in [2.75, 3.05) is 0 Å². The number of hydrogen-bond donors (Lipinski definition) is 0. The van der Waals surface area contributed by atoms with Crippen LogP contribution in [0.2, 0.25) is 0 Å². The van der Waals surface area contributed by atoms with Crippen LogP contribution < -0.4 is 10.8 Å².